The van der Waals surface area contributed by atoms with Crippen molar-refractivity contribution in [3.05, 3.63) is 0 Å². The van der Waals surface area contributed by atoms with Gasteiger partial charge >= 0.3 is 0 Å². The maximum absolute atomic E-state index is 13.2. The van der Waals surface area contributed by atoms with Gasteiger partial charge in [-0.2, -0.15) is 0 Å². The molecular formula is C9H14F3N. The highest BCUT2D eigenvalue weighted by Crippen LogP contribution is 2.69. The summed E-state index contributed by atoms with van der Waals surface area (Å²) in [7, 11) is 0. The van der Waals surface area contributed by atoms with Crippen LogP contribution in [-0.4, -0.2) is 37.1 Å². The van der Waals surface area contributed by atoms with E-state index < -0.39 is 23.9 Å². The van der Waals surface area contributed by atoms with Crippen LogP contribution in [0.2, 0.25) is 0 Å². The summed E-state index contributed by atoms with van der Waals surface area (Å²) in [5, 5.41) is 0. The molecule has 1 saturated heterocycles. The van der Waals surface area contributed by atoms with E-state index in [9.17, 15) is 13.2 Å². The van der Waals surface area contributed by atoms with Gasteiger partial charge in [0.2, 0.25) is 0 Å². The normalized spacial score (nSPS) is 42.9. The van der Waals surface area contributed by atoms with Gasteiger partial charge in [0.25, 0.3) is 5.92 Å². The van der Waals surface area contributed by atoms with Gasteiger partial charge in [-0.05, 0) is 13.0 Å². The van der Waals surface area contributed by atoms with Crippen molar-refractivity contribution in [1.29, 1.82) is 0 Å². The minimum Gasteiger partial charge on any atom is -0.300 e. The van der Waals surface area contributed by atoms with Crippen LogP contribution in [-0.2, 0) is 0 Å². The van der Waals surface area contributed by atoms with Crippen molar-refractivity contribution in [2.75, 3.05) is 26.3 Å². The first-order chi connectivity index (χ1) is 6.02. The molecule has 2 fully saturated rings. The van der Waals surface area contributed by atoms with E-state index in [1.807, 2.05) is 0 Å². The van der Waals surface area contributed by atoms with Crippen LogP contribution in [0, 0.1) is 11.3 Å². The Hall–Kier alpha value is -0.250. The number of hydrogen-bond donors (Lipinski definition) is 0. The Morgan fingerprint density at radius 1 is 1.46 bits per heavy atom. The smallest absolute Gasteiger partial charge is 0.258 e. The van der Waals surface area contributed by atoms with Gasteiger partial charge < -0.3 is 4.90 Å². The average molecular weight is 193 g/mol. The Labute approximate surface area is 75.9 Å². The van der Waals surface area contributed by atoms with E-state index in [2.05, 4.69) is 0 Å². The van der Waals surface area contributed by atoms with Gasteiger partial charge in [0, 0.05) is 24.4 Å². The second kappa shape index (κ2) is 2.62. The molecule has 1 aliphatic carbocycles. The fraction of sp³-hybridized carbons (Fsp3) is 1.00. The van der Waals surface area contributed by atoms with Crippen LogP contribution in [0.15, 0.2) is 0 Å². The predicted molar refractivity (Wildman–Crippen MR) is 43.6 cm³/mol. The fourth-order valence-corrected chi connectivity index (χ4v) is 2.39. The Kier molecular flexibility index (Phi) is 1.88. The molecule has 0 aromatic heterocycles. The van der Waals surface area contributed by atoms with Crippen LogP contribution in [0.25, 0.3) is 0 Å². The molecule has 1 nitrogen and oxygen atoms in total. The molecule has 0 amide bonds. The molecule has 2 atom stereocenters. The lowest BCUT2D eigenvalue weighted by atomic mass is 9.98. The lowest BCUT2D eigenvalue weighted by molar-refractivity contribution is 0.0636. The highest BCUT2D eigenvalue weighted by Gasteiger charge is 2.78. The molecule has 0 aromatic carbocycles. The Balaban J connectivity index is 1.98. The van der Waals surface area contributed by atoms with Crippen molar-refractivity contribution in [3.8, 4) is 0 Å². The summed E-state index contributed by atoms with van der Waals surface area (Å²) < 4.78 is 38.3. The Bertz CT molecular complexity index is 219. The molecule has 2 unspecified atom stereocenters. The van der Waals surface area contributed by atoms with Crippen molar-refractivity contribution in [1.82, 2.24) is 4.90 Å². The van der Waals surface area contributed by atoms with Gasteiger partial charge in [-0.15, -0.1) is 0 Å². The van der Waals surface area contributed by atoms with Crippen molar-refractivity contribution >= 4 is 0 Å². The Morgan fingerprint density at radius 2 is 2.15 bits per heavy atom. The van der Waals surface area contributed by atoms with Crippen molar-refractivity contribution in [2.45, 2.75) is 19.3 Å². The SMILES string of the molecule is CC12CCN(CCF)CC1C2(F)F. The van der Waals surface area contributed by atoms with E-state index in [-0.39, 0.29) is 0 Å². The number of nitrogens with zero attached hydrogens (tertiary/aromatic N) is 1. The van der Waals surface area contributed by atoms with Crippen LogP contribution in [0.3, 0.4) is 0 Å². The lowest BCUT2D eigenvalue weighted by Crippen LogP contribution is -2.35. The fourth-order valence-electron chi connectivity index (χ4n) is 2.39. The van der Waals surface area contributed by atoms with E-state index in [1.165, 1.54) is 0 Å². The molecule has 0 spiro atoms. The summed E-state index contributed by atoms with van der Waals surface area (Å²) in [4.78, 5) is 1.80. The number of fused-ring (bicyclic) bond motifs is 1. The number of hydrogen-bond acceptors (Lipinski definition) is 1. The first kappa shape index (κ1) is 9.31. The summed E-state index contributed by atoms with van der Waals surface area (Å²) in [6, 6.07) is 0. The van der Waals surface area contributed by atoms with E-state index in [0.29, 0.717) is 26.1 Å². The number of piperidine rings is 1. The predicted octanol–water partition coefficient (Wildman–Crippen LogP) is 1.93. The largest absolute Gasteiger partial charge is 0.300 e. The van der Waals surface area contributed by atoms with Crippen molar-refractivity contribution in [2.24, 2.45) is 11.3 Å². The van der Waals surface area contributed by atoms with Gasteiger partial charge in [-0.3, -0.25) is 0 Å². The topological polar surface area (TPSA) is 3.24 Å². The number of likely N-dealkylation sites (tertiary alicyclic amines) is 1. The third-order valence-corrected chi connectivity index (χ3v) is 3.67. The second-order valence-electron chi connectivity index (χ2n) is 4.33. The van der Waals surface area contributed by atoms with Gasteiger partial charge in [0.05, 0.1) is 0 Å². The zero-order valence-corrected chi connectivity index (χ0v) is 7.69. The third kappa shape index (κ3) is 1.11. The van der Waals surface area contributed by atoms with Crippen LogP contribution in [0.1, 0.15) is 13.3 Å². The third-order valence-electron chi connectivity index (χ3n) is 3.67. The molecule has 0 N–H and O–H groups in total. The summed E-state index contributed by atoms with van der Waals surface area (Å²) in [6.07, 6.45) is 0.505. The van der Waals surface area contributed by atoms with Crippen LogP contribution >= 0.6 is 0 Å². The summed E-state index contributed by atoms with van der Waals surface area (Å²) in [5.74, 6) is -3.03. The zero-order chi connectivity index (χ0) is 9.69. The van der Waals surface area contributed by atoms with Crippen molar-refractivity contribution < 1.29 is 13.2 Å². The first-order valence-corrected chi connectivity index (χ1v) is 4.68. The standard InChI is InChI=1S/C9H14F3N/c1-8-2-4-13(5-3-10)6-7(8)9(8,11)12/h7H,2-6H2,1H3. The summed E-state index contributed by atoms with van der Waals surface area (Å²) in [6.45, 7) is 2.50. The second-order valence-corrected chi connectivity index (χ2v) is 4.33. The molecule has 76 valence electrons. The number of alkyl halides is 3. The lowest BCUT2D eigenvalue weighted by Gasteiger charge is -2.27. The highest BCUT2D eigenvalue weighted by atomic mass is 19.3. The van der Waals surface area contributed by atoms with Crippen LogP contribution < -0.4 is 0 Å². The van der Waals surface area contributed by atoms with Gasteiger partial charge in [-0.1, -0.05) is 6.92 Å². The van der Waals surface area contributed by atoms with Gasteiger partial charge in [0.1, 0.15) is 6.67 Å². The monoisotopic (exact) mass is 193 g/mol. The molecule has 0 bridgehead atoms. The molecule has 13 heavy (non-hydrogen) atoms. The molecular weight excluding hydrogens is 179 g/mol. The van der Waals surface area contributed by atoms with Gasteiger partial charge in [-0.25, -0.2) is 13.2 Å². The molecule has 0 radical (unpaired) electrons. The van der Waals surface area contributed by atoms with E-state index in [0.717, 1.165) is 0 Å². The number of halogens is 3. The first-order valence-electron chi connectivity index (χ1n) is 4.68. The van der Waals surface area contributed by atoms with Crippen LogP contribution in [0.4, 0.5) is 13.2 Å². The average Bonchev–Trinajstić information content (AvgIpc) is 2.50. The van der Waals surface area contributed by atoms with E-state index in [4.69, 9.17) is 0 Å². The van der Waals surface area contributed by atoms with E-state index in [1.54, 1.807) is 11.8 Å². The molecule has 4 heteroatoms. The van der Waals surface area contributed by atoms with Crippen LogP contribution in [0.5, 0.6) is 0 Å². The maximum atomic E-state index is 13.2. The van der Waals surface area contributed by atoms with E-state index >= 15 is 0 Å². The molecule has 1 saturated carbocycles. The molecule has 2 aliphatic rings. The molecule has 1 heterocycles. The Morgan fingerprint density at radius 3 is 2.69 bits per heavy atom. The summed E-state index contributed by atoms with van der Waals surface area (Å²) in [5.41, 5.74) is -0.778. The molecule has 1 aliphatic heterocycles. The van der Waals surface area contributed by atoms with Gasteiger partial charge in [0.15, 0.2) is 0 Å². The quantitative estimate of drug-likeness (QED) is 0.647. The number of rotatable bonds is 2. The zero-order valence-electron chi connectivity index (χ0n) is 7.69. The summed E-state index contributed by atoms with van der Waals surface area (Å²) >= 11 is 0. The van der Waals surface area contributed by atoms with Crippen molar-refractivity contribution in [3.63, 3.8) is 0 Å². The highest BCUT2D eigenvalue weighted by molar-refractivity contribution is 5.18. The molecule has 0 aromatic rings. The minimum atomic E-state index is -2.50. The minimum absolute atomic E-state index is 0.308. The maximum Gasteiger partial charge on any atom is 0.258 e. The molecule has 2 rings (SSSR count).